The van der Waals surface area contributed by atoms with Crippen LogP contribution in [-0.2, 0) is 10.2 Å². The van der Waals surface area contributed by atoms with Crippen LogP contribution in [0.3, 0.4) is 0 Å². The highest BCUT2D eigenvalue weighted by Crippen LogP contribution is 2.26. The van der Waals surface area contributed by atoms with Gasteiger partial charge in [-0.2, -0.15) is 17.4 Å². The number of likely N-dealkylation sites (tertiary alicyclic amines) is 1. The third kappa shape index (κ3) is 4.05. The summed E-state index contributed by atoms with van der Waals surface area (Å²) >= 11 is 0. The SMILES string of the molecule is CC(C)N1C(=O)c2ccc(C(=O)N3CCC(NS(=O)(=O)N(C)C)CC3)cc2C1=O. The van der Waals surface area contributed by atoms with Gasteiger partial charge >= 0.3 is 0 Å². The number of carbonyl (C=O) groups is 3. The van der Waals surface area contributed by atoms with Crippen molar-refractivity contribution in [1.29, 1.82) is 0 Å². The quantitative estimate of drug-likeness (QED) is 0.703. The molecule has 0 aliphatic carbocycles. The van der Waals surface area contributed by atoms with E-state index in [1.165, 1.54) is 31.1 Å². The van der Waals surface area contributed by atoms with Crippen molar-refractivity contribution in [3.8, 4) is 0 Å². The van der Waals surface area contributed by atoms with Gasteiger partial charge in [0.25, 0.3) is 27.9 Å². The fourth-order valence-electron chi connectivity index (χ4n) is 3.56. The minimum absolute atomic E-state index is 0.231. The number of imide groups is 1. The zero-order valence-corrected chi connectivity index (χ0v) is 17.8. The molecule has 1 saturated heterocycles. The van der Waals surface area contributed by atoms with Crippen LogP contribution in [0.5, 0.6) is 0 Å². The number of nitrogens with zero attached hydrogens (tertiary/aromatic N) is 3. The fraction of sp³-hybridized carbons (Fsp3) is 0.526. The summed E-state index contributed by atoms with van der Waals surface area (Å²) < 4.78 is 27.6. The molecule has 2 aliphatic heterocycles. The molecule has 0 unspecified atom stereocenters. The van der Waals surface area contributed by atoms with Crippen LogP contribution < -0.4 is 4.72 Å². The van der Waals surface area contributed by atoms with E-state index in [-0.39, 0.29) is 35.4 Å². The van der Waals surface area contributed by atoms with E-state index >= 15 is 0 Å². The van der Waals surface area contributed by atoms with Gasteiger partial charge in [-0.1, -0.05) is 0 Å². The summed E-state index contributed by atoms with van der Waals surface area (Å²) in [5, 5.41) is 0. The summed E-state index contributed by atoms with van der Waals surface area (Å²) in [5.74, 6) is -0.954. The van der Waals surface area contributed by atoms with Gasteiger partial charge < -0.3 is 4.90 Å². The van der Waals surface area contributed by atoms with Gasteiger partial charge in [0.2, 0.25) is 0 Å². The van der Waals surface area contributed by atoms with Crippen molar-refractivity contribution >= 4 is 27.9 Å². The molecule has 1 aromatic rings. The van der Waals surface area contributed by atoms with Crippen molar-refractivity contribution < 1.29 is 22.8 Å². The van der Waals surface area contributed by atoms with Gasteiger partial charge in [0.1, 0.15) is 0 Å². The van der Waals surface area contributed by atoms with E-state index in [9.17, 15) is 22.8 Å². The number of hydrogen-bond acceptors (Lipinski definition) is 5. The lowest BCUT2D eigenvalue weighted by Gasteiger charge is -2.32. The number of fused-ring (bicyclic) bond motifs is 1. The number of rotatable bonds is 5. The molecule has 10 heteroatoms. The monoisotopic (exact) mass is 422 g/mol. The second kappa shape index (κ2) is 7.85. The van der Waals surface area contributed by atoms with E-state index in [2.05, 4.69) is 4.72 Å². The van der Waals surface area contributed by atoms with Crippen LogP contribution in [0.25, 0.3) is 0 Å². The standard InChI is InChI=1S/C19H26N4O5S/c1-12(2)23-18(25)15-6-5-13(11-16(15)19(23)26)17(24)22-9-7-14(8-10-22)20-29(27,28)21(3)4/h5-6,11-12,14,20H,7-10H2,1-4H3. The topological polar surface area (TPSA) is 107 Å². The van der Waals surface area contributed by atoms with Crippen LogP contribution in [0, 0.1) is 0 Å². The third-order valence-electron chi connectivity index (χ3n) is 5.26. The zero-order chi connectivity index (χ0) is 21.5. The van der Waals surface area contributed by atoms with Crippen LogP contribution in [0.4, 0.5) is 0 Å². The van der Waals surface area contributed by atoms with Crippen LogP contribution in [0.2, 0.25) is 0 Å². The summed E-state index contributed by atoms with van der Waals surface area (Å²) in [6.07, 6.45) is 1.00. The molecule has 158 valence electrons. The predicted molar refractivity (Wildman–Crippen MR) is 107 cm³/mol. The van der Waals surface area contributed by atoms with E-state index in [1.807, 2.05) is 0 Å². The summed E-state index contributed by atoms with van der Waals surface area (Å²) in [6.45, 7) is 4.34. The second-order valence-electron chi connectivity index (χ2n) is 7.81. The van der Waals surface area contributed by atoms with E-state index in [0.29, 0.717) is 37.1 Å². The molecule has 1 N–H and O–H groups in total. The highest BCUT2D eigenvalue weighted by Gasteiger charge is 2.38. The number of amides is 3. The number of carbonyl (C=O) groups excluding carboxylic acids is 3. The highest BCUT2D eigenvalue weighted by molar-refractivity contribution is 7.87. The van der Waals surface area contributed by atoms with Gasteiger partial charge in [-0.25, -0.2) is 0 Å². The van der Waals surface area contributed by atoms with Gasteiger partial charge in [-0.05, 0) is 44.9 Å². The molecule has 3 amide bonds. The molecule has 0 bridgehead atoms. The van der Waals surface area contributed by atoms with Gasteiger partial charge in [-0.15, -0.1) is 0 Å². The first-order chi connectivity index (χ1) is 13.5. The first kappa shape index (κ1) is 21.4. The molecule has 0 aromatic heterocycles. The Bertz CT molecular complexity index is 949. The van der Waals surface area contributed by atoms with Crippen LogP contribution in [0.1, 0.15) is 57.8 Å². The molecule has 29 heavy (non-hydrogen) atoms. The Morgan fingerprint density at radius 1 is 1.10 bits per heavy atom. The Morgan fingerprint density at radius 2 is 1.69 bits per heavy atom. The molecule has 0 saturated carbocycles. The van der Waals surface area contributed by atoms with E-state index in [1.54, 1.807) is 24.8 Å². The molecule has 0 spiro atoms. The molecule has 0 radical (unpaired) electrons. The lowest BCUT2D eigenvalue weighted by molar-refractivity contribution is 0.0608. The van der Waals surface area contributed by atoms with E-state index in [0.717, 1.165) is 4.31 Å². The van der Waals surface area contributed by atoms with Crippen LogP contribution >= 0.6 is 0 Å². The first-order valence-corrected chi connectivity index (χ1v) is 11.0. The Labute approximate surface area is 170 Å². The fourth-order valence-corrected chi connectivity index (χ4v) is 4.43. The minimum Gasteiger partial charge on any atom is -0.339 e. The first-order valence-electron chi connectivity index (χ1n) is 9.54. The number of nitrogens with one attached hydrogen (secondary N) is 1. The maximum Gasteiger partial charge on any atom is 0.279 e. The maximum atomic E-state index is 12.9. The molecular formula is C19H26N4O5S. The average Bonchev–Trinajstić information content (AvgIpc) is 2.91. The molecule has 9 nitrogen and oxygen atoms in total. The lowest BCUT2D eigenvalue weighted by atomic mass is 10.0. The summed E-state index contributed by atoms with van der Waals surface area (Å²) in [4.78, 5) is 40.6. The third-order valence-corrected chi connectivity index (χ3v) is 6.85. The van der Waals surface area contributed by atoms with Crippen molar-refractivity contribution in [3.63, 3.8) is 0 Å². The highest BCUT2D eigenvalue weighted by atomic mass is 32.2. The maximum absolute atomic E-state index is 12.9. The molecule has 0 atom stereocenters. The average molecular weight is 423 g/mol. The molecule has 3 rings (SSSR count). The molecular weight excluding hydrogens is 396 g/mol. The number of piperidine rings is 1. The Hall–Kier alpha value is -2.30. The van der Waals surface area contributed by atoms with Crippen LogP contribution in [0.15, 0.2) is 18.2 Å². The number of benzene rings is 1. The summed E-state index contributed by atoms with van der Waals surface area (Å²) in [6, 6.07) is 4.10. The largest absolute Gasteiger partial charge is 0.339 e. The molecule has 2 heterocycles. The normalized spacial score (nSPS) is 18.1. The van der Waals surface area contributed by atoms with Gasteiger partial charge in [0.05, 0.1) is 11.1 Å². The van der Waals surface area contributed by atoms with E-state index in [4.69, 9.17) is 0 Å². The van der Waals surface area contributed by atoms with Gasteiger partial charge in [0, 0.05) is 44.8 Å². The second-order valence-corrected chi connectivity index (χ2v) is 9.72. The molecule has 1 fully saturated rings. The van der Waals surface area contributed by atoms with Crippen molar-refractivity contribution in [3.05, 3.63) is 34.9 Å². The Morgan fingerprint density at radius 3 is 2.24 bits per heavy atom. The Balaban J connectivity index is 1.69. The van der Waals surface area contributed by atoms with Crippen molar-refractivity contribution in [2.75, 3.05) is 27.2 Å². The predicted octanol–water partition coefficient (Wildman–Crippen LogP) is 0.692. The summed E-state index contributed by atoms with van der Waals surface area (Å²) in [7, 11) is -0.593. The van der Waals surface area contributed by atoms with Crippen LogP contribution in [-0.4, -0.2) is 79.5 Å². The summed E-state index contributed by atoms with van der Waals surface area (Å²) in [5.41, 5.74) is 0.919. The number of hydrogen-bond donors (Lipinski definition) is 1. The van der Waals surface area contributed by atoms with E-state index < -0.39 is 10.2 Å². The molecule has 1 aromatic carbocycles. The minimum atomic E-state index is -3.51. The van der Waals surface area contributed by atoms with Gasteiger partial charge in [-0.3, -0.25) is 19.3 Å². The molecule has 2 aliphatic rings. The lowest BCUT2D eigenvalue weighted by Crippen LogP contribution is -2.49. The van der Waals surface area contributed by atoms with Crippen molar-refractivity contribution in [2.45, 2.75) is 38.8 Å². The van der Waals surface area contributed by atoms with Crippen molar-refractivity contribution in [2.24, 2.45) is 0 Å². The smallest absolute Gasteiger partial charge is 0.279 e. The van der Waals surface area contributed by atoms with Gasteiger partial charge in [0.15, 0.2) is 0 Å². The Kier molecular flexibility index (Phi) is 5.79. The zero-order valence-electron chi connectivity index (χ0n) is 17.0. The van der Waals surface area contributed by atoms with Crippen molar-refractivity contribution in [1.82, 2.24) is 18.8 Å².